The lowest BCUT2D eigenvalue weighted by Crippen LogP contribution is -2.68. The van der Waals surface area contributed by atoms with Crippen molar-refractivity contribution in [1.29, 1.82) is 0 Å². The SMILES string of the molecule is Cc1nn(C)c(C)c1C#Cc1cnc(O[C@H]2C[C@@H](C(=O)O)N(c3nc(C(C)C)nc4c3oc3ccccc34)C2)c(N2CCOC3(COC3)[C@@H]2C)c1. The Kier molecular flexibility index (Phi) is 8.11. The van der Waals surface area contributed by atoms with Crippen LogP contribution in [-0.4, -0.2) is 92.5 Å². The molecule has 3 saturated heterocycles. The first-order valence-corrected chi connectivity index (χ1v) is 17.4. The normalized spacial score (nSPS) is 21.4. The van der Waals surface area contributed by atoms with Gasteiger partial charge in [0.15, 0.2) is 11.4 Å². The second-order valence-electron chi connectivity index (χ2n) is 14.1. The molecule has 0 bridgehead atoms. The second kappa shape index (κ2) is 12.5. The van der Waals surface area contributed by atoms with Crippen LogP contribution in [0.15, 0.2) is 40.9 Å². The largest absolute Gasteiger partial charge is 0.480 e. The van der Waals surface area contributed by atoms with Crippen LogP contribution >= 0.6 is 0 Å². The molecule has 4 aromatic heterocycles. The molecule has 264 valence electrons. The first-order chi connectivity index (χ1) is 24.5. The fourth-order valence-corrected chi connectivity index (χ4v) is 7.35. The number of aliphatic carboxylic acids is 1. The minimum atomic E-state index is -0.969. The van der Waals surface area contributed by atoms with Crippen LogP contribution in [0.25, 0.3) is 22.1 Å². The van der Waals surface area contributed by atoms with Crippen LogP contribution in [0.5, 0.6) is 5.88 Å². The van der Waals surface area contributed by atoms with Crippen molar-refractivity contribution in [2.45, 2.75) is 70.7 Å². The highest BCUT2D eigenvalue weighted by atomic mass is 16.6. The van der Waals surface area contributed by atoms with Crippen LogP contribution in [0, 0.1) is 25.7 Å². The van der Waals surface area contributed by atoms with Gasteiger partial charge in [-0.1, -0.05) is 37.8 Å². The molecule has 13 heteroatoms. The lowest BCUT2D eigenvalue weighted by molar-refractivity contribution is -0.228. The van der Waals surface area contributed by atoms with Gasteiger partial charge < -0.3 is 33.5 Å². The van der Waals surface area contributed by atoms with Crippen molar-refractivity contribution in [3.05, 3.63) is 64.9 Å². The molecule has 0 unspecified atom stereocenters. The van der Waals surface area contributed by atoms with E-state index in [1.807, 2.05) is 69.8 Å². The molecule has 51 heavy (non-hydrogen) atoms. The number of aryl methyl sites for hydroxylation is 2. The Bertz CT molecular complexity index is 2230. The average molecular weight is 692 g/mol. The Morgan fingerprint density at radius 2 is 1.94 bits per heavy atom. The molecule has 8 rings (SSSR count). The number of carboxylic acid groups (broad SMARTS) is 1. The van der Waals surface area contributed by atoms with Gasteiger partial charge in [0.25, 0.3) is 0 Å². The lowest BCUT2D eigenvalue weighted by atomic mass is 9.90. The number of aromatic nitrogens is 5. The van der Waals surface area contributed by atoms with Gasteiger partial charge in [0.05, 0.1) is 49.4 Å². The number of anilines is 2. The summed E-state index contributed by atoms with van der Waals surface area (Å²) < 4.78 is 26.6. The van der Waals surface area contributed by atoms with E-state index in [1.165, 1.54) is 0 Å². The summed E-state index contributed by atoms with van der Waals surface area (Å²) in [6.07, 6.45) is 1.42. The molecule has 0 radical (unpaired) electrons. The minimum Gasteiger partial charge on any atom is -0.480 e. The van der Waals surface area contributed by atoms with Crippen LogP contribution in [0.3, 0.4) is 0 Å². The molecule has 1 aromatic carbocycles. The number of carbonyl (C=O) groups is 1. The topological polar surface area (TPSA) is 141 Å². The number of carboxylic acids is 1. The maximum Gasteiger partial charge on any atom is 0.326 e. The molecule has 0 amide bonds. The Balaban J connectivity index is 1.16. The molecule has 7 heterocycles. The molecular weight excluding hydrogens is 650 g/mol. The molecule has 1 spiro atoms. The van der Waals surface area contributed by atoms with Crippen LogP contribution in [0.4, 0.5) is 11.5 Å². The van der Waals surface area contributed by atoms with Crippen molar-refractivity contribution < 1.29 is 28.5 Å². The van der Waals surface area contributed by atoms with Crippen LogP contribution in [0.1, 0.15) is 61.4 Å². The summed E-state index contributed by atoms with van der Waals surface area (Å²) in [6.45, 7) is 12.5. The van der Waals surface area contributed by atoms with Gasteiger partial charge >= 0.3 is 5.97 Å². The number of hydrogen-bond acceptors (Lipinski definition) is 11. The number of furan rings is 1. The number of ether oxygens (including phenoxy) is 3. The number of nitrogens with zero attached hydrogens (tertiary/aromatic N) is 7. The van der Waals surface area contributed by atoms with Crippen molar-refractivity contribution in [1.82, 2.24) is 24.7 Å². The first-order valence-electron chi connectivity index (χ1n) is 17.4. The fraction of sp³-hybridized carbons (Fsp3) is 0.447. The van der Waals surface area contributed by atoms with Crippen molar-refractivity contribution in [3.63, 3.8) is 0 Å². The molecule has 1 N–H and O–H groups in total. The quantitative estimate of drug-likeness (QED) is 0.246. The van der Waals surface area contributed by atoms with Crippen molar-refractivity contribution >= 4 is 39.5 Å². The van der Waals surface area contributed by atoms with Gasteiger partial charge in [-0.2, -0.15) is 5.10 Å². The Hall–Kier alpha value is -5.19. The van der Waals surface area contributed by atoms with Gasteiger partial charge in [-0.15, -0.1) is 0 Å². The molecule has 0 aliphatic carbocycles. The predicted molar refractivity (Wildman–Crippen MR) is 190 cm³/mol. The number of rotatable bonds is 6. The van der Waals surface area contributed by atoms with E-state index < -0.39 is 23.7 Å². The number of benzene rings is 1. The van der Waals surface area contributed by atoms with Gasteiger partial charge in [0, 0.05) is 43.1 Å². The van der Waals surface area contributed by atoms with Gasteiger partial charge in [0.2, 0.25) is 5.88 Å². The van der Waals surface area contributed by atoms with Crippen molar-refractivity contribution in [2.75, 3.05) is 42.7 Å². The van der Waals surface area contributed by atoms with E-state index in [9.17, 15) is 9.90 Å². The van der Waals surface area contributed by atoms with E-state index in [2.05, 4.69) is 28.8 Å². The second-order valence-corrected chi connectivity index (χ2v) is 14.1. The number of fused-ring (bicyclic) bond motifs is 3. The fourth-order valence-electron chi connectivity index (χ4n) is 7.35. The number of hydrogen-bond donors (Lipinski definition) is 1. The summed E-state index contributed by atoms with van der Waals surface area (Å²) in [7, 11) is 1.91. The summed E-state index contributed by atoms with van der Waals surface area (Å²) in [5.41, 5.74) is 5.63. The average Bonchev–Trinajstić information content (AvgIpc) is 3.76. The highest BCUT2D eigenvalue weighted by molar-refractivity contribution is 6.06. The summed E-state index contributed by atoms with van der Waals surface area (Å²) in [6, 6.07) is 8.75. The molecule has 0 saturated carbocycles. The Morgan fingerprint density at radius 3 is 2.65 bits per heavy atom. The van der Waals surface area contributed by atoms with Crippen molar-refractivity contribution in [2.24, 2.45) is 7.05 Å². The third-order valence-corrected chi connectivity index (χ3v) is 10.5. The van der Waals surface area contributed by atoms with Crippen LogP contribution < -0.4 is 14.5 Å². The summed E-state index contributed by atoms with van der Waals surface area (Å²) in [4.78, 5) is 31.4. The Labute approximate surface area is 295 Å². The van der Waals surface area contributed by atoms with Gasteiger partial charge in [0.1, 0.15) is 40.4 Å². The van der Waals surface area contributed by atoms with E-state index in [1.54, 1.807) is 11.1 Å². The van der Waals surface area contributed by atoms with Gasteiger partial charge in [-0.3, -0.25) is 4.68 Å². The van der Waals surface area contributed by atoms with E-state index in [0.717, 1.165) is 33.6 Å². The lowest BCUT2D eigenvalue weighted by Gasteiger charge is -2.53. The van der Waals surface area contributed by atoms with Crippen LogP contribution in [0.2, 0.25) is 0 Å². The standard InChI is InChI=1S/C38H41N7O6/c1-21(2)34-40-32-28-9-7-8-10-31(28)51-33(32)35(41-34)45-18-26(16-30(45)37(46)47)50-36-29(44-13-14-49-38(24(44)5)19-48-20-38)15-25(17-39-36)11-12-27-22(3)42-43(6)23(27)4/h7-10,15,17,21,24,26,30H,13-14,16,18-20H2,1-6H3,(H,46,47)/t24-,26-,30-/m0/s1. The molecule has 13 nitrogen and oxygen atoms in total. The smallest absolute Gasteiger partial charge is 0.326 e. The summed E-state index contributed by atoms with van der Waals surface area (Å²) in [5, 5.41) is 15.8. The number of morpholine rings is 1. The zero-order valence-electron chi connectivity index (χ0n) is 29.6. The highest BCUT2D eigenvalue weighted by Crippen LogP contribution is 2.41. The molecular formula is C38H41N7O6. The Morgan fingerprint density at radius 1 is 1.14 bits per heavy atom. The third-order valence-electron chi connectivity index (χ3n) is 10.5. The molecule has 3 atom stereocenters. The predicted octanol–water partition coefficient (Wildman–Crippen LogP) is 4.75. The molecule has 5 aromatic rings. The first kappa shape index (κ1) is 33.0. The molecule has 3 fully saturated rings. The molecule has 3 aliphatic rings. The zero-order valence-corrected chi connectivity index (χ0v) is 29.6. The van der Waals surface area contributed by atoms with E-state index in [0.29, 0.717) is 60.6 Å². The third kappa shape index (κ3) is 5.63. The van der Waals surface area contributed by atoms with Gasteiger partial charge in [-0.25, -0.2) is 19.7 Å². The summed E-state index contributed by atoms with van der Waals surface area (Å²) >= 11 is 0. The van der Waals surface area contributed by atoms with Gasteiger partial charge in [-0.05, 0) is 39.0 Å². The monoisotopic (exact) mass is 691 g/mol. The maximum absolute atomic E-state index is 12.8. The zero-order chi connectivity index (χ0) is 35.6. The van der Waals surface area contributed by atoms with Crippen molar-refractivity contribution in [3.8, 4) is 17.7 Å². The minimum absolute atomic E-state index is 0.0129. The highest BCUT2D eigenvalue weighted by Gasteiger charge is 2.50. The molecule has 3 aliphatic heterocycles. The van der Waals surface area contributed by atoms with E-state index >= 15 is 0 Å². The van der Waals surface area contributed by atoms with E-state index in [4.69, 9.17) is 33.6 Å². The number of para-hydroxylation sites is 1. The summed E-state index contributed by atoms with van der Waals surface area (Å²) in [5.74, 6) is 7.12. The van der Waals surface area contributed by atoms with Crippen LogP contribution in [-0.2, 0) is 21.3 Å². The van der Waals surface area contributed by atoms with E-state index in [-0.39, 0.29) is 24.9 Å². The maximum atomic E-state index is 12.8. The number of pyridine rings is 1.